The topological polar surface area (TPSA) is 96.9 Å². The molecule has 0 aliphatic carbocycles. The molecule has 3 rings (SSSR count). The fraction of sp³-hybridized carbons (Fsp3) is 0.286. The number of aromatic nitrogens is 2. The SMILES string of the molecule is N#Cc1c(N2CCC(N)C2)nn(-c2ccc(Br)cc2)c1N. The second-order valence-electron chi connectivity index (χ2n) is 5.08. The van der Waals surface area contributed by atoms with Crippen molar-refractivity contribution in [1.29, 1.82) is 5.26 Å². The van der Waals surface area contributed by atoms with Crippen molar-refractivity contribution >= 4 is 27.6 Å². The number of hydrogen-bond donors (Lipinski definition) is 2. The third-order valence-corrected chi connectivity index (χ3v) is 4.14. The Morgan fingerprint density at radius 2 is 2.05 bits per heavy atom. The van der Waals surface area contributed by atoms with Crippen LogP contribution in [0.15, 0.2) is 28.7 Å². The van der Waals surface area contributed by atoms with Crippen molar-refractivity contribution in [2.75, 3.05) is 23.7 Å². The Hall–Kier alpha value is -2.04. The number of nitriles is 1. The quantitative estimate of drug-likeness (QED) is 0.861. The predicted octanol–water partition coefficient (Wildman–Crippen LogP) is 1.63. The molecule has 7 heteroatoms. The Morgan fingerprint density at radius 3 is 2.62 bits per heavy atom. The van der Waals surface area contributed by atoms with Crippen molar-refractivity contribution in [3.8, 4) is 11.8 Å². The van der Waals surface area contributed by atoms with Gasteiger partial charge in [-0.05, 0) is 30.7 Å². The zero-order valence-corrected chi connectivity index (χ0v) is 12.9. The van der Waals surface area contributed by atoms with E-state index in [1.165, 1.54) is 0 Å². The van der Waals surface area contributed by atoms with E-state index in [4.69, 9.17) is 11.5 Å². The van der Waals surface area contributed by atoms with Crippen LogP contribution in [-0.2, 0) is 0 Å². The number of nitrogens with two attached hydrogens (primary N) is 2. The third kappa shape index (κ3) is 2.48. The third-order valence-electron chi connectivity index (χ3n) is 3.61. The molecule has 1 aromatic carbocycles. The summed E-state index contributed by atoms with van der Waals surface area (Å²) in [5, 5.41) is 13.9. The van der Waals surface area contributed by atoms with Crippen LogP contribution in [0.1, 0.15) is 12.0 Å². The van der Waals surface area contributed by atoms with Gasteiger partial charge in [0.25, 0.3) is 0 Å². The van der Waals surface area contributed by atoms with Crippen molar-refractivity contribution in [3.05, 3.63) is 34.3 Å². The zero-order chi connectivity index (χ0) is 15.0. The van der Waals surface area contributed by atoms with Crippen molar-refractivity contribution in [2.24, 2.45) is 5.73 Å². The van der Waals surface area contributed by atoms with Crippen LogP contribution < -0.4 is 16.4 Å². The summed E-state index contributed by atoms with van der Waals surface area (Å²) < 4.78 is 2.58. The van der Waals surface area contributed by atoms with Gasteiger partial charge in [0.05, 0.1) is 5.69 Å². The van der Waals surface area contributed by atoms with Gasteiger partial charge in [-0.3, -0.25) is 0 Å². The lowest BCUT2D eigenvalue weighted by Crippen LogP contribution is -2.27. The average Bonchev–Trinajstić information content (AvgIpc) is 3.03. The fourth-order valence-electron chi connectivity index (χ4n) is 2.51. The van der Waals surface area contributed by atoms with Crippen LogP contribution in [0.25, 0.3) is 5.69 Å². The molecule has 0 spiro atoms. The minimum Gasteiger partial charge on any atom is -0.382 e. The Kier molecular flexibility index (Phi) is 3.57. The molecule has 1 atom stereocenters. The first-order valence-corrected chi connectivity index (χ1v) is 7.44. The van der Waals surface area contributed by atoms with Gasteiger partial charge in [-0.25, -0.2) is 4.68 Å². The van der Waals surface area contributed by atoms with E-state index < -0.39 is 0 Å². The first kappa shape index (κ1) is 13.9. The second kappa shape index (κ2) is 5.39. The predicted molar refractivity (Wildman–Crippen MR) is 85.2 cm³/mol. The fourth-order valence-corrected chi connectivity index (χ4v) is 2.77. The molecule has 1 aliphatic rings. The Balaban J connectivity index is 2.05. The highest BCUT2D eigenvalue weighted by molar-refractivity contribution is 9.10. The number of hydrogen-bond acceptors (Lipinski definition) is 5. The van der Waals surface area contributed by atoms with Crippen LogP contribution in [0.4, 0.5) is 11.6 Å². The van der Waals surface area contributed by atoms with Gasteiger partial charge in [0.1, 0.15) is 17.5 Å². The van der Waals surface area contributed by atoms with Crippen LogP contribution >= 0.6 is 15.9 Å². The lowest BCUT2D eigenvalue weighted by Gasteiger charge is -2.14. The van der Waals surface area contributed by atoms with E-state index in [1.807, 2.05) is 29.2 Å². The summed E-state index contributed by atoms with van der Waals surface area (Å²) in [6.07, 6.45) is 0.899. The molecule has 1 aliphatic heterocycles. The number of anilines is 2. The highest BCUT2D eigenvalue weighted by Gasteiger charge is 2.26. The number of nitrogens with zero attached hydrogens (tertiary/aromatic N) is 4. The summed E-state index contributed by atoms with van der Waals surface area (Å²) in [5.74, 6) is 0.973. The zero-order valence-electron chi connectivity index (χ0n) is 11.3. The molecule has 1 unspecified atom stereocenters. The number of halogens is 1. The monoisotopic (exact) mass is 346 g/mol. The van der Waals surface area contributed by atoms with Crippen LogP contribution in [-0.4, -0.2) is 28.9 Å². The highest BCUT2D eigenvalue weighted by atomic mass is 79.9. The molecule has 108 valence electrons. The van der Waals surface area contributed by atoms with Gasteiger partial charge in [-0.15, -0.1) is 5.10 Å². The lowest BCUT2D eigenvalue weighted by atomic mass is 10.3. The van der Waals surface area contributed by atoms with E-state index in [0.717, 1.165) is 23.1 Å². The second-order valence-corrected chi connectivity index (χ2v) is 5.99. The maximum atomic E-state index is 9.38. The summed E-state index contributed by atoms with van der Waals surface area (Å²) in [6, 6.07) is 9.89. The summed E-state index contributed by atoms with van der Waals surface area (Å²) in [5.41, 5.74) is 13.3. The molecule has 2 heterocycles. The maximum absolute atomic E-state index is 9.38. The molecule has 21 heavy (non-hydrogen) atoms. The van der Waals surface area contributed by atoms with Crippen LogP contribution in [0.2, 0.25) is 0 Å². The van der Waals surface area contributed by atoms with Gasteiger partial charge in [-0.2, -0.15) is 5.26 Å². The number of nitrogen functional groups attached to an aromatic ring is 1. The number of rotatable bonds is 2. The van der Waals surface area contributed by atoms with E-state index in [1.54, 1.807) is 4.68 Å². The molecule has 0 amide bonds. The standard InChI is InChI=1S/C14H15BrN6/c15-9-1-3-11(4-2-9)21-13(18)12(7-16)14(19-21)20-6-5-10(17)8-20/h1-4,10H,5-6,8,17-18H2. The Bertz CT molecular complexity index is 699. The highest BCUT2D eigenvalue weighted by Crippen LogP contribution is 2.29. The Morgan fingerprint density at radius 1 is 1.33 bits per heavy atom. The average molecular weight is 347 g/mol. The Labute approximate surface area is 131 Å². The molecule has 4 N–H and O–H groups in total. The molecule has 1 fully saturated rings. The van der Waals surface area contributed by atoms with Crippen molar-refractivity contribution in [3.63, 3.8) is 0 Å². The normalized spacial score (nSPS) is 18.0. The van der Waals surface area contributed by atoms with Crippen LogP contribution in [0.3, 0.4) is 0 Å². The van der Waals surface area contributed by atoms with Crippen molar-refractivity contribution in [1.82, 2.24) is 9.78 Å². The van der Waals surface area contributed by atoms with Crippen molar-refractivity contribution < 1.29 is 0 Å². The molecule has 0 saturated carbocycles. The van der Waals surface area contributed by atoms with Gasteiger partial charge < -0.3 is 16.4 Å². The first-order chi connectivity index (χ1) is 10.1. The minimum absolute atomic E-state index is 0.121. The smallest absolute Gasteiger partial charge is 0.171 e. The van der Waals surface area contributed by atoms with Crippen LogP contribution in [0, 0.1) is 11.3 Å². The van der Waals surface area contributed by atoms with Gasteiger partial charge in [0.15, 0.2) is 5.82 Å². The molecular weight excluding hydrogens is 332 g/mol. The molecule has 2 aromatic rings. The van der Waals surface area contributed by atoms with E-state index >= 15 is 0 Å². The summed E-state index contributed by atoms with van der Waals surface area (Å²) in [7, 11) is 0. The molecule has 1 aromatic heterocycles. The van der Waals surface area contributed by atoms with Gasteiger partial charge in [0, 0.05) is 23.6 Å². The van der Waals surface area contributed by atoms with Gasteiger partial charge >= 0.3 is 0 Å². The summed E-state index contributed by atoms with van der Waals surface area (Å²) in [6.45, 7) is 1.50. The molecular formula is C14H15BrN6. The molecule has 1 saturated heterocycles. The number of benzene rings is 1. The summed E-state index contributed by atoms with van der Waals surface area (Å²) in [4.78, 5) is 2.02. The van der Waals surface area contributed by atoms with E-state index in [9.17, 15) is 5.26 Å². The molecule has 0 radical (unpaired) electrons. The largest absolute Gasteiger partial charge is 0.382 e. The minimum atomic E-state index is 0.121. The molecule has 6 nitrogen and oxygen atoms in total. The summed E-state index contributed by atoms with van der Waals surface area (Å²) >= 11 is 3.39. The van der Waals surface area contributed by atoms with E-state index in [-0.39, 0.29) is 6.04 Å². The van der Waals surface area contributed by atoms with E-state index in [2.05, 4.69) is 27.1 Å². The molecule has 0 bridgehead atoms. The van der Waals surface area contributed by atoms with Crippen LogP contribution in [0.5, 0.6) is 0 Å². The lowest BCUT2D eigenvalue weighted by molar-refractivity contribution is 0.750. The first-order valence-electron chi connectivity index (χ1n) is 6.65. The van der Waals surface area contributed by atoms with E-state index in [0.29, 0.717) is 23.7 Å². The van der Waals surface area contributed by atoms with Gasteiger partial charge in [0.2, 0.25) is 0 Å². The maximum Gasteiger partial charge on any atom is 0.171 e. The van der Waals surface area contributed by atoms with Gasteiger partial charge in [-0.1, -0.05) is 15.9 Å². The van der Waals surface area contributed by atoms with Crippen molar-refractivity contribution in [2.45, 2.75) is 12.5 Å².